The second-order valence-electron chi connectivity index (χ2n) is 6.86. The number of nitrogens with one attached hydrogen (secondary N) is 2. The van der Waals surface area contributed by atoms with Crippen LogP contribution < -0.4 is 20.5 Å². The lowest BCUT2D eigenvalue weighted by molar-refractivity contribution is -0.131. The Hall–Kier alpha value is -3.91. The summed E-state index contributed by atoms with van der Waals surface area (Å²) in [5.41, 5.74) is 6.84. The van der Waals surface area contributed by atoms with Crippen LogP contribution in [0.2, 0.25) is 0 Å². The first-order valence-electron chi connectivity index (χ1n) is 9.77. The number of amidine groups is 1. The molecule has 0 radical (unpaired) electrons. The van der Waals surface area contributed by atoms with Gasteiger partial charge in [0, 0.05) is 24.8 Å². The maximum atomic E-state index is 15.4. The van der Waals surface area contributed by atoms with E-state index in [0.29, 0.717) is 11.3 Å². The van der Waals surface area contributed by atoms with Crippen molar-refractivity contribution in [1.82, 2.24) is 5.32 Å². The van der Waals surface area contributed by atoms with Crippen molar-refractivity contribution in [2.45, 2.75) is 12.6 Å². The van der Waals surface area contributed by atoms with Crippen LogP contribution in [0.3, 0.4) is 0 Å². The standard InChI is InChI=1S/C24H24FN3O4/c1-30-19-13-12-18(20(25)22(19)32-17-6-4-3-5-7-17)21(31-2)24(29)28-14-15-8-10-16(11-9-15)23(26)27/h3-13,21H,14H2,1-2H3,(H3,26,27)(H,28,29). The quantitative estimate of drug-likeness (QED) is 0.348. The van der Waals surface area contributed by atoms with Gasteiger partial charge in [0.2, 0.25) is 5.75 Å². The molecule has 0 saturated carbocycles. The van der Waals surface area contributed by atoms with Gasteiger partial charge in [-0.15, -0.1) is 0 Å². The zero-order chi connectivity index (χ0) is 23.1. The first-order chi connectivity index (χ1) is 15.4. The monoisotopic (exact) mass is 437 g/mol. The predicted molar refractivity (Wildman–Crippen MR) is 119 cm³/mol. The van der Waals surface area contributed by atoms with Crippen LogP contribution in [0.15, 0.2) is 66.7 Å². The van der Waals surface area contributed by atoms with E-state index in [1.165, 1.54) is 26.4 Å². The number of para-hydroxylation sites is 1. The highest BCUT2D eigenvalue weighted by atomic mass is 19.1. The minimum absolute atomic E-state index is 0.0173. The number of hydrogen-bond donors (Lipinski definition) is 3. The number of halogens is 1. The van der Waals surface area contributed by atoms with E-state index in [2.05, 4.69) is 5.32 Å². The fourth-order valence-electron chi connectivity index (χ4n) is 3.08. The maximum Gasteiger partial charge on any atom is 0.254 e. The van der Waals surface area contributed by atoms with Crippen molar-refractivity contribution in [1.29, 1.82) is 5.41 Å². The van der Waals surface area contributed by atoms with Gasteiger partial charge in [-0.2, -0.15) is 0 Å². The van der Waals surface area contributed by atoms with Crippen molar-refractivity contribution in [2.24, 2.45) is 5.73 Å². The van der Waals surface area contributed by atoms with E-state index in [4.69, 9.17) is 25.4 Å². The normalized spacial score (nSPS) is 11.5. The van der Waals surface area contributed by atoms with Gasteiger partial charge >= 0.3 is 0 Å². The summed E-state index contributed by atoms with van der Waals surface area (Å²) in [7, 11) is 2.73. The van der Waals surface area contributed by atoms with Gasteiger partial charge in [0.05, 0.1) is 7.11 Å². The van der Waals surface area contributed by atoms with Crippen molar-refractivity contribution in [3.8, 4) is 17.2 Å². The smallest absolute Gasteiger partial charge is 0.254 e. The average Bonchev–Trinajstić information content (AvgIpc) is 2.81. The summed E-state index contributed by atoms with van der Waals surface area (Å²) in [5, 5.41) is 10.2. The molecule has 0 fully saturated rings. The Morgan fingerprint density at radius 2 is 1.75 bits per heavy atom. The molecule has 3 aromatic carbocycles. The molecule has 3 aromatic rings. The van der Waals surface area contributed by atoms with E-state index in [1.54, 1.807) is 48.5 Å². The molecular formula is C24H24FN3O4. The van der Waals surface area contributed by atoms with Crippen LogP contribution in [0.4, 0.5) is 4.39 Å². The predicted octanol–water partition coefficient (Wildman–Crippen LogP) is 3.91. The molecule has 0 aliphatic heterocycles. The average molecular weight is 437 g/mol. The van der Waals surface area contributed by atoms with E-state index >= 15 is 4.39 Å². The Morgan fingerprint density at radius 3 is 2.34 bits per heavy atom. The van der Waals surface area contributed by atoms with Gasteiger partial charge in [-0.3, -0.25) is 10.2 Å². The summed E-state index contributed by atoms with van der Waals surface area (Å²) in [4.78, 5) is 12.8. The minimum atomic E-state index is -1.20. The molecule has 8 heteroatoms. The molecule has 166 valence electrons. The topological polar surface area (TPSA) is 107 Å². The molecule has 0 aromatic heterocycles. The molecule has 0 bridgehead atoms. The van der Waals surface area contributed by atoms with Crippen LogP contribution in [0.5, 0.6) is 17.2 Å². The Labute approximate surface area is 185 Å². The Morgan fingerprint density at radius 1 is 1.06 bits per heavy atom. The number of carbonyl (C=O) groups is 1. The number of carbonyl (C=O) groups excluding carboxylic acids is 1. The van der Waals surface area contributed by atoms with E-state index in [-0.39, 0.29) is 29.4 Å². The van der Waals surface area contributed by atoms with Gasteiger partial charge in [0.1, 0.15) is 11.6 Å². The van der Waals surface area contributed by atoms with Gasteiger partial charge in [-0.05, 0) is 29.8 Å². The van der Waals surface area contributed by atoms with E-state index in [9.17, 15) is 4.79 Å². The zero-order valence-electron chi connectivity index (χ0n) is 17.7. The van der Waals surface area contributed by atoms with Crippen LogP contribution in [0.1, 0.15) is 22.8 Å². The van der Waals surface area contributed by atoms with Crippen molar-refractivity contribution in [3.05, 3.63) is 89.2 Å². The van der Waals surface area contributed by atoms with Gasteiger partial charge in [-0.1, -0.05) is 42.5 Å². The van der Waals surface area contributed by atoms with Crippen LogP contribution >= 0.6 is 0 Å². The lowest BCUT2D eigenvalue weighted by atomic mass is 10.1. The first kappa shape index (κ1) is 22.8. The van der Waals surface area contributed by atoms with Crippen molar-refractivity contribution >= 4 is 11.7 Å². The fraction of sp³-hybridized carbons (Fsp3) is 0.167. The third kappa shape index (κ3) is 5.22. The molecule has 32 heavy (non-hydrogen) atoms. The highest BCUT2D eigenvalue weighted by Gasteiger charge is 2.27. The van der Waals surface area contributed by atoms with E-state index < -0.39 is 17.8 Å². The molecule has 7 nitrogen and oxygen atoms in total. The molecule has 0 heterocycles. The fourth-order valence-corrected chi connectivity index (χ4v) is 3.08. The molecule has 4 N–H and O–H groups in total. The Balaban J connectivity index is 1.80. The van der Waals surface area contributed by atoms with Crippen LogP contribution in [0.25, 0.3) is 0 Å². The van der Waals surface area contributed by atoms with E-state index in [0.717, 1.165) is 5.56 Å². The molecule has 0 spiro atoms. The molecule has 3 rings (SSSR count). The largest absolute Gasteiger partial charge is 0.493 e. The van der Waals surface area contributed by atoms with Crippen molar-refractivity contribution < 1.29 is 23.4 Å². The number of rotatable bonds is 9. The van der Waals surface area contributed by atoms with Gasteiger partial charge in [0.15, 0.2) is 17.7 Å². The number of hydrogen-bond acceptors (Lipinski definition) is 5. The minimum Gasteiger partial charge on any atom is -0.493 e. The SMILES string of the molecule is COc1ccc(C(OC)C(=O)NCc2ccc(C(=N)N)cc2)c(F)c1Oc1ccccc1. The Bertz CT molecular complexity index is 1090. The summed E-state index contributed by atoms with van der Waals surface area (Å²) in [6, 6.07) is 18.5. The third-order valence-corrected chi connectivity index (χ3v) is 4.76. The molecule has 1 atom stereocenters. The van der Waals surface area contributed by atoms with Gasteiger partial charge in [0.25, 0.3) is 5.91 Å². The van der Waals surface area contributed by atoms with Gasteiger partial charge in [-0.25, -0.2) is 4.39 Å². The van der Waals surface area contributed by atoms with Crippen LogP contribution in [-0.2, 0) is 16.1 Å². The number of ether oxygens (including phenoxy) is 3. The molecule has 0 saturated heterocycles. The molecule has 0 aliphatic rings. The lowest BCUT2D eigenvalue weighted by Gasteiger charge is -2.19. The summed E-state index contributed by atoms with van der Waals surface area (Å²) in [6.07, 6.45) is -1.20. The maximum absolute atomic E-state index is 15.4. The van der Waals surface area contributed by atoms with Crippen molar-refractivity contribution in [2.75, 3.05) is 14.2 Å². The highest BCUT2D eigenvalue weighted by Crippen LogP contribution is 2.38. The summed E-state index contributed by atoms with van der Waals surface area (Å²) in [6.45, 7) is 0.196. The summed E-state index contributed by atoms with van der Waals surface area (Å²) >= 11 is 0. The number of nitrogens with two attached hydrogens (primary N) is 1. The van der Waals surface area contributed by atoms with Crippen LogP contribution in [-0.4, -0.2) is 26.0 Å². The van der Waals surface area contributed by atoms with E-state index in [1.807, 2.05) is 6.07 Å². The number of nitrogen functional groups attached to an aromatic ring is 1. The molecule has 0 aliphatic carbocycles. The number of methoxy groups -OCH3 is 2. The molecular weight excluding hydrogens is 413 g/mol. The lowest BCUT2D eigenvalue weighted by Crippen LogP contribution is -2.30. The van der Waals surface area contributed by atoms with Crippen molar-refractivity contribution in [3.63, 3.8) is 0 Å². The van der Waals surface area contributed by atoms with Crippen LogP contribution in [0, 0.1) is 11.2 Å². The molecule has 1 unspecified atom stereocenters. The summed E-state index contributed by atoms with van der Waals surface area (Å²) in [5.74, 6) is -0.821. The number of amides is 1. The van der Waals surface area contributed by atoms with Gasteiger partial charge < -0.3 is 25.3 Å². The highest BCUT2D eigenvalue weighted by molar-refractivity contribution is 5.94. The second-order valence-corrected chi connectivity index (χ2v) is 6.86. The first-order valence-corrected chi connectivity index (χ1v) is 9.77. The summed E-state index contributed by atoms with van der Waals surface area (Å²) < 4.78 is 31.6. The number of benzene rings is 3. The Kier molecular flexibility index (Phi) is 7.41. The second kappa shape index (κ2) is 10.4. The molecule has 1 amide bonds. The zero-order valence-corrected chi connectivity index (χ0v) is 17.7. The third-order valence-electron chi connectivity index (χ3n) is 4.76.